The van der Waals surface area contributed by atoms with E-state index in [0.717, 1.165) is 12.8 Å². The van der Waals surface area contributed by atoms with Crippen LogP contribution in [-0.2, 0) is 9.53 Å². The number of hydrogen-bond acceptors (Lipinski definition) is 4. The van der Waals surface area contributed by atoms with Gasteiger partial charge in [-0.15, -0.1) is 0 Å². The summed E-state index contributed by atoms with van der Waals surface area (Å²) >= 11 is 0. The number of hydrogen-bond donors (Lipinski definition) is 4. The SMILES string of the molecule is CCOC(=N)NCCCC[C@H](N)C(=O)O. The Balaban J connectivity index is 3.32. The molecule has 0 heterocycles. The second-order valence-corrected chi connectivity index (χ2v) is 3.13. The Morgan fingerprint density at radius 2 is 2.27 bits per heavy atom. The van der Waals surface area contributed by atoms with E-state index in [9.17, 15) is 4.79 Å². The molecule has 0 aromatic heterocycles. The summed E-state index contributed by atoms with van der Waals surface area (Å²) in [5, 5.41) is 18.5. The third kappa shape index (κ3) is 7.75. The molecule has 0 unspecified atom stereocenters. The molecule has 6 nitrogen and oxygen atoms in total. The van der Waals surface area contributed by atoms with E-state index in [1.807, 2.05) is 6.92 Å². The summed E-state index contributed by atoms with van der Waals surface area (Å²) in [7, 11) is 0. The molecule has 0 aromatic carbocycles. The fraction of sp³-hybridized carbons (Fsp3) is 0.778. The maximum atomic E-state index is 10.4. The van der Waals surface area contributed by atoms with Gasteiger partial charge in [-0.2, -0.15) is 0 Å². The first-order valence-electron chi connectivity index (χ1n) is 5.01. The number of rotatable bonds is 7. The molecule has 0 aliphatic heterocycles. The maximum absolute atomic E-state index is 10.4. The van der Waals surface area contributed by atoms with Gasteiger partial charge in [0.25, 0.3) is 6.02 Å². The second kappa shape index (κ2) is 8.05. The average molecular weight is 217 g/mol. The van der Waals surface area contributed by atoms with Crippen molar-refractivity contribution in [3.05, 3.63) is 0 Å². The molecule has 5 N–H and O–H groups in total. The van der Waals surface area contributed by atoms with Crippen LogP contribution in [0.15, 0.2) is 0 Å². The van der Waals surface area contributed by atoms with Gasteiger partial charge in [0.2, 0.25) is 0 Å². The van der Waals surface area contributed by atoms with E-state index in [-0.39, 0.29) is 6.02 Å². The molecular formula is C9H19N3O3. The number of carboxylic acids is 1. The van der Waals surface area contributed by atoms with E-state index < -0.39 is 12.0 Å². The highest BCUT2D eigenvalue weighted by Gasteiger charge is 2.09. The zero-order valence-corrected chi connectivity index (χ0v) is 8.95. The van der Waals surface area contributed by atoms with Crippen molar-refractivity contribution >= 4 is 12.0 Å². The minimum absolute atomic E-state index is 0.0556. The lowest BCUT2D eigenvalue weighted by molar-refractivity contribution is -0.138. The molecule has 0 rings (SSSR count). The lowest BCUT2D eigenvalue weighted by atomic mass is 10.1. The zero-order chi connectivity index (χ0) is 11.7. The number of ether oxygens (including phenoxy) is 1. The molecule has 0 radical (unpaired) electrons. The molecule has 0 aromatic rings. The van der Waals surface area contributed by atoms with Crippen molar-refractivity contribution in [1.29, 1.82) is 5.41 Å². The molecular weight excluding hydrogens is 198 g/mol. The van der Waals surface area contributed by atoms with Gasteiger partial charge in [0.15, 0.2) is 0 Å². The normalized spacial score (nSPS) is 11.9. The van der Waals surface area contributed by atoms with Crippen molar-refractivity contribution in [2.45, 2.75) is 32.2 Å². The van der Waals surface area contributed by atoms with Crippen molar-refractivity contribution in [1.82, 2.24) is 5.32 Å². The maximum Gasteiger partial charge on any atom is 0.320 e. The Labute approximate surface area is 89.3 Å². The Hall–Kier alpha value is -1.30. The summed E-state index contributed by atoms with van der Waals surface area (Å²) in [5.74, 6) is -0.968. The molecule has 0 fully saturated rings. The van der Waals surface area contributed by atoms with Crippen molar-refractivity contribution in [3.8, 4) is 0 Å². The lowest BCUT2D eigenvalue weighted by Gasteiger charge is -2.08. The first kappa shape index (κ1) is 13.7. The number of aliphatic carboxylic acids is 1. The molecule has 88 valence electrons. The van der Waals surface area contributed by atoms with Gasteiger partial charge in [-0.25, -0.2) is 0 Å². The number of nitrogens with two attached hydrogens (primary N) is 1. The highest BCUT2D eigenvalue weighted by molar-refractivity contribution is 5.72. The third-order valence-corrected chi connectivity index (χ3v) is 1.83. The Kier molecular flexibility index (Phi) is 7.35. The predicted octanol–water partition coefficient (Wildman–Crippen LogP) is 0.129. The highest BCUT2D eigenvalue weighted by atomic mass is 16.5. The number of nitrogens with one attached hydrogen (secondary N) is 2. The minimum atomic E-state index is -0.968. The van der Waals surface area contributed by atoms with Gasteiger partial charge in [0.05, 0.1) is 6.61 Å². The van der Waals surface area contributed by atoms with E-state index in [0.29, 0.717) is 19.6 Å². The van der Waals surface area contributed by atoms with Crippen LogP contribution in [-0.4, -0.2) is 36.3 Å². The van der Waals surface area contributed by atoms with Crippen LogP contribution in [0.4, 0.5) is 0 Å². The van der Waals surface area contributed by atoms with E-state index in [2.05, 4.69) is 5.32 Å². The lowest BCUT2D eigenvalue weighted by Crippen LogP contribution is -2.30. The topological polar surface area (TPSA) is 108 Å². The Bertz CT molecular complexity index is 209. The first-order chi connectivity index (χ1) is 7.07. The minimum Gasteiger partial charge on any atom is -0.480 e. The largest absolute Gasteiger partial charge is 0.480 e. The fourth-order valence-electron chi connectivity index (χ4n) is 1.01. The van der Waals surface area contributed by atoms with Crippen LogP contribution in [0.5, 0.6) is 0 Å². The first-order valence-corrected chi connectivity index (χ1v) is 5.01. The fourth-order valence-corrected chi connectivity index (χ4v) is 1.01. The average Bonchev–Trinajstić information content (AvgIpc) is 2.17. The molecule has 0 saturated carbocycles. The number of amidine groups is 1. The van der Waals surface area contributed by atoms with Crippen LogP contribution in [0, 0.1) is 5.41 Å². The summed E-state index contributed by atoms with van der Waals surface area (Å²) in [4.78, 5) is 10.4. The van der Waals surface area contributed by atoms with Gasteiger partial charge >= 0.3 is 5.97 Å². The summed E-state index contributed by atoms with van der Waals surface area (Å²) in [5.41, 5.74) is 5.32. The van der Waals surface area contributed by atoms with Gasteiger partial charge < -0.3 is 20.9 Å². The van der Waals surface area contributed by atoms with Crippen molar-refractivity contribution in [2.75, 3.05) is 13.2 Å². The van der Waals surface area contributed by atoms with E-state index in [1.165, 1.54) is 0 Å². The zero-order valence-electron chi connectivity index (χ0n) is 8.95. The Morgan fingerprint density at radius 3 is 2.80 bits per heavy atom. The van der Waals surface area contributed by atoms with Crippen molar-refractivity contribution < 1.29 is 14.6 Å². The van der Waals surface area contributed by atoms with Gasteiger partial charge in [0.1, 0.15) is 6.04 Å². The smallest absolute Gasteiger partial charge is 0.320 e. The summed E-state index contributed by atoms with van der Waals surface area (Å²) in [6.45, 7) is 2.88. The quantitative estimate of drug-likeness (QED) is 0.275. The van der Waals surface area contributed by atoms with Gasteiger partial charge in [0, 0.05) is 6.54 Å². The molecule has 0 spiro atoms. The molecule has 0 saturated heterocycles. The molecule has 0 bridgehead atoms. The highest BCUT2D eigenvalue weighted by Crippen LogP contribution is 1.98. The van der Waals surface area contributed by atoms with Gasteiger partial charge in [-0.3, -0.25) is 10.2 Å². The van der Waals surface area contributed by atoms with Crippen LogP contribution in [0.25, 0.3) is 0 Å². The summed E-state index contributed by atoms with van der Waals surface area (Å²) in [6, 6.07) is -0.726. The van der Waals surface area contributed by atoms with Crippen LogP contribution in [0.1, 0.15) is 26.2 Å². The molecule has 0 aliphatic rings. The van der Waals surface area contributed by atoms with E-state index in [4.69, 9.17) is 21.0 Å². The summed E-state index contributed by atoms with van der Waals surface area (Å²) < 4.78 is 4.86. The molecule has 0 amide bonds. The molecule has 6 heteroatoms. The molecule has 1 atom stereocenters. The Morgan fingerprint density at radius 1 is 1.60 bits per heavy atom. The number of carboxylic acid groups (broad SMARTS) is 1. The van der Waals surface area contributed by atoms with Crippen LogP contribution in [0.3, 0.4) is 0 Å². The van der Waals surface area contributed by atoms with Crippen LogP contribution >= 0.6 is 0 Å². The van der Waals surface area contributed by atoms with E-state index in [1.54, 1.807) is 0 Å². The van der Waals surface area contributed by atoms with Crippen molar-refractivity contribution in [2.24, 2.45) is 5.73 Å². The van der Waals surface area contributed by atoms with E-state index >= 15 is 0 Å². The standard InChI is InChI=1S/C9H19N3O3/c1-2-15-9(11)12-6-4-3-5-7(10)8(13)14/h7H,2-6,10H2,1H3,(H2,11,12)(H,13,14)/t7-/m0/s1. The molecule has 0 aliphatic carbocycles. The third-order valence-electron chi connectivity index (χ3n) is 1.83. The van der Waals surface area contributed by atoms with Gasteiger partial charge in [-0.05, 0) is 26.2 Å². The van der Waals surface area contributed by atoms with Gasteiger partial charge in [-0.1, -0.05) is 0 Å². The summed E-state index contributed by atoms with van der Waals surface area (Å²) in [6.07, 6.45) is 1.95. The molecule has 15 heavy (non-hydrogen) atoms. The van der Waals surface area contributed by atoms with Crippen LogP contribution < -0.4 is 11.1 Å². The predicted molar refractivity (Wildman–Crippen MR) is 56.8 cm³/mol. The van der Waals surface area contributed by atoms with Crippen LogP contribution in [0.2, 0.25) is 0 Å². The monoisotopic (exact) mass is 217 g/mol. The number of unbranched alkanes of at least 4 members (excludes halogenated alkanes) is 1. The second-order valence-electron chi connectivity index (χ2n) is 3.13. The van der Waals surface area contributed by atoms with Crippen molar-refractivity contribution in [3.63, 3.8) is 0 Å². The number of carbonyl (C=O) groups is 1.